The van der Waals surface area contributed by atoms with Gasteiger partial charge in [-0.3, -0.25) is 19.2 Å². The van der Waals surface area contributed by atoms with Crippen molar-refractivity contribution in [1.29, 1.82) is 0 Å². The second kappa shape index (κ2) is 18.5. The second-order valence-electron chi connectivity index (χ2n) is 15.5. The minimum absolute atomic E-state index is 0.00330. The molecule has 13 nitrogen and oxygen atoms in total. The Labute approximate surface area is 310 Å². The van der Waals surface area contributed by atoms with Crippen LogP contribution in [-0.2, 0) is 44.6 Å². The molecule has 4 N–H and O–H groups in total. The summed E-state index contributed by atoms with van der Waals surface area (Å²) in [6.07, 6.45) is 1.44. The number of nitrogens with two attached hydrogens (primary N) is 1. The highest BCUT2D eigenvalue weighted by atomic mass is 16.5. The van der Waals surface area contributed by atoms with Crippen LogP contribution in [0.3, 0.4) is 0 Å². The molecule has 13 heteroatoms. The van der Waals surface area contributed by atoms with Crippen LogP contribution in [0.1, 0.15) is 91.2 Å². The van der Waals surface area contributed by atoms with Gasteiger partial charge in [-0.2, -0.15) is 0 Å². The van der Waals surface area contributed by atoms with E-state index in [1.165, 1.54) is 21.3 Å². The topological polar surface area (TPSA) is 170 Å². The molecule has 0 aromatic heterocycles. The molecule has 0 spiro atoms. The lowest BCUT2D eigenvalue weighted by molar-refractivity contribution is -0.149. The van der Waals surface area contributed by atoms with Crippen molar-refractivity contribution in [2.75, 3.05) is 34.9 Å². The highest BCUT2D eigenvalue weighted by Crippen LogP contribution is 2.38. The summed E-state index contributed by atoms with van der Waals surface area (Å²) < 4.78 is 17.0. The van der Waals surface area contributed by atoms with Crippen LogP contribution in [0.15, 0.2) is 24.3 Å². The van der Waals surface area contributed by atoms with Crippen LogP contribution in [0.2, 0.25) is 0 Å². The molecular formula is C39H63N5O8. The van der Waals surface area contributed by atoms with Crippen LogP contribution < -0.4 is 16.4 Å². The van der Waals surface area contributed by atoms with E-state index >= 15 is 0 Å². The average Bonchev–Trinajstić information content (AvgIpc) is 3.58. The van der Waals surface area contributed by atoms with Gasteiger partial charge >= 0.3 is 5.97 Å². The monoisotopic (exact) mass is 729 g/mol. The van der Waals surface area contributed by atoms with E-state index in [1.807, 2.05) is 52.0 Å². The Hall–Kier alpha value is -3.55. The molecule has 9 unspecified atom stereocenters. The number of benzene rings is 1. The molecule has 1 fully saturated rings. The molecule has 52 heavy (non-hydrogen) atoms. The number of carbonyl (C=O) groups excluding carboxylic acids is 5. The van der Waals surface area contributed by atoms with Gasteiger partial charge in [0, 0.05) is 33.7 Å². The van der Waals surface area contributed by atoms with Crippen molar-refractivity contribution < 1.29 is 38.2 Å². The lowest BCUT2D eigenvalue weighted by Gasteiger charge is -2.41. The quantitative estimate of drug-likeness (QED) is 0.193. The van der Waals surface area contributed by atoms with E-state index in [-0.39, 0.29) is 41.9 Å². The van der Waals surface area contributed by atoms with Gasteiger partial charge in [-0.25, -0.2) is 4.79 Å². The van der Waals surface area contributed by atoms with E-state index in [2.05, 4.69) is 10.6 Å². The van der Waals surface area contributed by atoms with E-state index in [0.29, 0.717) is 25.8 Å². The van der Waals surface area contributed by atoms with Crippen LogP contribution in [-0.4, -0.2) is 116 Å². The van der Waals surface area contributed by atoms with Crippen LogP contribution in [0.25, 0.3) is 0 Å². The number of amides is 4. The first kappa shape index (κ1) is 42.9. The summed E-state index contributed by atoms with van der Waals surface area (Å²) in [6.45, 7) is 13.2. The first-order valence-electron chi connectivity index (χ1n) is 18.6. The maximum Gasteiger partial charge on any atom is 0.329 e. The molecule has 1 heterocycles. The van der Waals surface area contributed by atoms with Crippen molar-refractivity contribution in [1.82, 2.24) is 20.4 Å². The molecule has 2 aliphatic rings. The lowest BCUT2D eigenvalue weighted by atomic mass is 9.73. The molecule has 9 atom stereocenters. The third-order valence-electron chi connectivity index (χ3n) is 11.1. The zero-order valence-electron chi connectivity index (χ0n) is 33.1. The molecule has 1 aliphatic heterocycles. The summed E-state index contributed by atoms with van der Waals surface area (Å²) in [5.74, 6) is -2.92. The van der Waals surface area contributed by atoms with Gasteiger partial charge in [0.05, 0.1) is 49.3 Å². The minimum Gasteiger partial charge on any atom is -0.467 e. The Balaban J connectivity index is 1.78. The predicted molar refractivity (Wildman–Crippen MR) is 198 cm³/mol. The number of nitrogens with one attached hydrogen (secondary N) is 2. The van der Waals surface area contributed by atoms with Gasteiger partial charge in [0.1, 0.15) is 12.1 Å². The van der Waals surface area contributed by atoms with Crippen molar-refractivity contribution in [3.8, 4) is 0 Å². The average molecular weight is 730 g/mol. The van der Waals surface area contributed by atoms with Gasteiger partial charge in [0.15, 0.2) is 0 Å². The number of esters is 1. The van der Waals surface area contributed by atoms with Gasteiger partial charge in [-0.15, -0.1) is 0 Å². The van der Waals surface area contributed by atoms with Crippen molar-refractivity contribution in [2.24, 2.45) is 23.5 Å². The fraction of sp³-hybridized carbons (Fsp3) is 0.718. The molecule has 1 aromatic carbocycles. The zero-order valence-corrected chi connectivity index (χ0v) is 33.1. The molecule has 0 radical (unpaired) electrons. The first-order chi connectivity index (χ1) is 24.4. The van der Waals surface area contributed by atoms with E-state index in [0.717, 1.165) is 17.5 Å². The van der Waals surface area contributed by atoms with Crippen molar-refractivity contribution in [3.05, 3.63) is 35.4 Å². The Kier molecular flexibility index (Phi) is 15.2. The Bertz CT molecular complexity index is 1410. The van der Waals surface area contributed by atoms with Crippen molar-refractivity contribution in [3.63, 3.8) is 0 Å². The fourth-order valence-corrected chi connectivity index (χ4v) is 7.70. The number of likely N-dealkylation sites (N-methyl/N-ethyl adjacent to an activating group) is 1. The Morgan fingerprint density at radius 2 is 1.67 bits per heavy atom. The number of methoxy groups -OCH3 is 3. The largest absolute Gasteiger partial charge is 0.467 e. The molecule has 3 rings (SSSR count). The van der Waals surface area contributed by atoms with Crippen LogP contribution >= 0.6 is 0 Å². The molecule has 1 aromatic rings. The molecule has 0 bridgehead atoms. The summed E-state index contributed by atoms with van der Waals surface area (Å²) in [6, 6.07) is 5.30. The van der Waals surface area contributed by atoms with E-state index < -0.39 is 59.7 Å². The number of rotatable bonds is 18. The number of ether oxygens (including phenoxy) is 3. The first-order valence-corrected chi connectivity index (χ1v) is 18.6. The van der Waals surface area contributed by atoms with Crippen molar-refractivity contribution >= 4 is 29.6 Å². The van der Waals surface area contributed by atoms with E-state index in [9.17, 15) is 24.0 Å². The standard InChI is InChI=1S/C39H63N5O8/c1-12-23(4)33(43(8)36(47)31(22(2)3)42-38(49)39(6,7)40)29(50-9)21-30(45)44-19-15-18-28(44)34(51-10)24(5)35(46)41-32(37(48)52-11)27-20-25-16-13-14-17-26(25)27/h13-14,16-17,22-24,27-29,31-34H,12,15,18-21,40H2,1-11H3,(H,41,46)(H,42,49). The number of carbonyl (C=O) groups is 5. The SMILES string of the molecule is CCC(C)C(C(CC(=O)N1CCCC1C(OC)C(C)C(=O)NC(C(=O)OC)C1Cc2ccccc21)OC)N(C)C(=O)C(NC(=O)C(C)(C)N)C(C)C. The maximum atomic E-state index is 14.2. The number of fused-ring (bicyclic) bond motifs is 1. The summed E-state index contributed by atoms with van der Waals surface area (Å²) >= 11 is 0. The fourth-order valence-electron chi connectivity index (χ4n) is 7.70. The second-order valence-corrected chi connectivity index (χ2v) is 15.5. The molecule has 0 saturated carbocycles. The van der Waals surface area contributed by atoms with Crippen LogP contribution in [0.5, 0.6) is 0 Å². The van der Waals surface area contributed by atoms with Gasteiger partial charge < -0.3 is 40.4 Å². The van der Waals surface area contributed by atoms with E-state index in [1.54, 1.807) is 37.6 Å². The third-order valence-corrected chi connectivity index (χ3v) is 11.1. The molecule has 1 saturated heterocycles. The third kappa shape index (κ3) is 9.70. The van der Waals surface area contributed by atoms with Crippen molar-refractivity contribution in [2.45, 2.75) is 128 Å². The lowest BCUT2D eigenvalue weighted by Crippen LogP contribution is -2.60. The van der Waals surface area contributed by atoms with Gasteiger partial charge in [0.25, 0.3) is 0 Å². The summed E-state index contributed by atoms with van der Waals surface area (Å²) in [7, 11) is 6.07. The van der Waals surface area contributed by atoms with Gasteiger partial charge in [0.2, 0.25) is 23.6 Å². The molecular weight excluding hydrogens is 666 g/mol. The minimum atomic E-state index is -1.17. The smallest absolute Gasteiger partial charge is 0.329 e. The van der Waals surface area contributed by atoms with Gasteiger partial charge in [-0.05, 0) is 56.1 Å². The highest BCUT2D eigenvalue weighted by molar-refractivity contribution is 5.92. The van der Waals surface area contributed by atoms with Crippen LogP contribution in [0.4, 0.5) is 0 Å². The van der Waals surface area contributed by atoms with Gasteiger partial charge in [-0.1, -0.05) is 65.3 Å². The highest BCUT2D eigenvalue weighted by Gasteiger charge is 2.45. The number of likely N-dealkylation sites (tertiary alicyclic amines) is 1. The van der Waals surface area contributed by atoms with Crippen LogP contribution in [0, 0.1) is 17.8 Å². The number of hydrogen-bond acceptors (Lipinski definition) is 9. The number of nitrogens with zero attached hydrogens (tertiary/aromatic N) is 2. The summed E-state index contributed by atoms with van der Waals surface area (Å²) in [5.41, 5.74) is 7.01. The number of hydrogen-bond donors (Lipinski definition) is 3. The Morgan fingerprint density at radius 1 is 1.02 bits per heavy atom. The summed E-state index contributed by atoms with van der Waals surface area (Å²) in [5, 5.41) is 5.77. The Morgan fingerprint density at radius 3 is 2.21 bits per heavy atom. The molecule has 4 amide bonds. The van der Waals surface area contributed by atoms with E-state index in [4.69, 9.17) is 19.9 Å². The zero-order chi connectivity index (χ0) is 39.1. The molecule has 1 aliphatic carbocycles. The molecule has 292 valence electrons. The predicted octanol–water partition coefficient (Wildman–Crippen LogP) is 2.78. The summed E-state index contributed by atoms with van der Waals surface area (Å²) in [4.78, 5) is 70.9. The maximum absolute atomic E-state index is 14.2. The normalized spacial score (nSPS) is 21.1.